The van der Waals surface area contributed by atoms with Gasteiger partial charge in [0.05, 0.1) is 71.5 Å². The Morgan fingerprint density at radius 2 is 1.29 bits per heavy atom. The van der Waals surface area contributed by atoms with Crippen LogP contribution in [0, 0.1) is 0 Å². The van der Waals surface area contributed by atoms with Gasteiger partial charge in [0.25, 0.3) is 0 Å². The topological polar surface area (TPSA) is 124 Å². The Hall–Kier alpha value is -3.57. The lowest BCUT2D eigenvalue weighted by Crippen LogP contribution is -2.33. The number of allylic oxidation sites excluding steroid dienone is 2. The van der Waals surface area contributed by atoms with Gasteiger partial charge in [-0.2, -0.15) is 0 Å². The number of fused-ring (bicyclic) bond motifs is 4. The maximum atomic E-state index is 13.3. The smallest absolute Gasteiger partial charge is 0.305 e. The Balaban J connectivity index is 1.07. The number of benzene rings is 2. The van der Waals surface area contributed by atoms with Gasteiger partial charge < -0.3 is 34.3 Å². The number of rotatable bonds is 18. The summed E-state index contributed by atoms with van der Waals surface area (Å²) in [5.41, 5.74) is 6.99. The maximum absolute atomic E-state index is 13.3. The van der Waals surface area contributed by atoms with Crippen LogP contribution >= 0.6 is 0 Å². The molecular formula is C31H38N2O8. The molecule has 2 amide bonds. The summed E-state index contributed by atoms with van der Waals surface area (Å²) in [6, 6.07) is 16.2. The molecule has 10 heteroatoms. The SMILES string of the molecule is O=C(O)CCOCCOCCOCCOCCNC(=O)CCC(=O)N1Cc2ccccc2C2=C(C2)c2ccccc21. The van der Waals surface area contributed by atoms with E-state index in [-0.39, 0.29) is 37.7 Å². The number of anilines is 1. The number of carbonyl (C=O) groups excluding carboxylic acids is 2. The van der Waals surface area contributed by atoms with Crippen LogP contribution in [0.3, 0.4) is 0 Å². The van der Waals surface area contributed by atoms with Crippen molar-refractivity contribution in [2.75, 3.05) is 64.3 Å². The molecule has 0 radical (unpaired) electrons. The minimum absolute atomic E-state index is 0.0180. The molecule has 0 unspecified atom stereocenters. The molecule has 0 saturated heterocycles. The molecule has 2 aliphatic rings. The molecule has 1 aliphatic carbocycles. The molecular weight excluding hydrogens is 528 g/mol. The monoisotopic (exact) mass is 566 g/mol. The zero-order valence-electron chi connectivity index (χ0n) is 23.3. The molecule has 0 atom stereocenters. The number of ether oxygens (including phenoxy) is 4. The first-order valence-corrected chi connectivity index (χ1v) is 14.0. The number of nitrogens with one attached hydrogen (secondary N) is 1. The van der Waals surface area contributed by atoms with E-state index in [2.05, 4.69) is 23.5 Å². The number of carboxylic acid groups (broad SMARTS) is 1. The molecule has 0 bridgehead atoms. The Morgan fingerprint density at radius 1 is 0.707 bits per heavy atom. The van der Waals surface area contributed by atoms with Gasteiger partial charge >= 0.3 is 5.97 Å². The molecule has 220 valence electrons. The van der Waals surface area contributed by atoms with Gasteiger partial charge in [-0.1, -0.05) is 42.5 Å². The predicted octanol–water partition coefficient (Wildman–Crippen LogP) is 3.29. The Labute approximate surface area is 240 Å². The molecule has 1 heterocycles. The highest BCUT2D eigenvalue weighted by Crippen LogP contribution is 2.52. The van der Waals surface area contributed by atoms with Gasteiger partial charge in [0, 0.05) is 24.9 Å². The molecule has 41 heavy (non-hydrogen) atoms. The molecule has 2 aromatic rings. The molecule has 0 aromatic heterocycles. The van der Waals surface area contributed by atoms with Crippen molar-refractivity contribution in [3.8, 4) is 0 Å². The second-order valence-corrected chi connectivity index (χ2v) is 9.73. The third-order valence-electron chi connectivity index (χ3n) is 6.80. The standard InChI is InChI=1S/C31H38N2O8/c34-29(32-12-14-39-16-18-41-20-19-40-17-15-38-13-11-31(36)37)9-10-30(35)33-22-23-5-1-2-6-24(23)26-21-27(26)25-7-3-4-8-28(25)33/h1-8H,9-22H2,(H,32,34)(H,36,37). The van der Waals surface area contributed by atoms with E-state index >= 15 is 0 Å². The summed E-state index contributed by atoms with van der Waals surface area (Å²) in [4.78, 5) is 37.9. The van der Waals surface area contributed by atoms with E-state index in [0.29, 0.717) is 59.3 Å². The quantitative estimate of drug-likeness (QED) is 0.264. The number of aliphatic carboxylic acids is 1. The lowest BCUT2D eigenvalue weighted by atomic mass is 10.0. The second-order valence-electron chi connectivity index (χ2n) is 9.73. The van der Waals surface area contributed by atoms with Crippen molar-refractivity contribution in [3.63, 3.8) is 0 Å². The summed E-state index contributed by atoms with van der Waals surface area (Å²) >= 11 is 0. The average molecular weight is 567 g/mol. The van der Waals surface area contributed by atoms with Crippen LogP contribution in [0.25, 0.3) is 11.1 Å². The van der Waals surface area contributed by atoms with Crippen LogP contribution in [0.5, 0.6) is 0 Å². The molecule has 10 nitrogen and oxygen atoms in total. The van der Waals surface area contributed by atoms with Crippen LogP contribution in [0.1, 0.15) is 42.4 Å². The van der Waals surface area contributed by atoms with Crippen LogP contribution in [-0.2, 0) is 39.9 Å². The number of hydrogen-bond donors (Lipinski definition) is 2. The molecule has 4 rings (SSSR count). The number of para-hydroxylation sites is 1. The minimum atomic E-state index is -0.886. The third kappa shape index (κ3) is 9.50. The van der Waals surface area contributed by atoms with E-state index in [1.807, 2.05) is 35.2 Å². The van der Waals surface area contributed by atoms with E-state index in [9.17, 15) is 14.4 Å². The molecule has 2 aromatic carbocycles. The summed E-state index contributed by atoms with van der Waals surface area (Å²) < 4.78 is 21.3. The van der Waals surface area contributed by atoms with Crippen LogP contribution in [0.2, 0.25) is 0 Å². The lowest BCUT2D eigenvalue weighted by molar-refractivity contribution is -0.138. The molecule has 0 fully saturated rings. The third-order valence-corrected chi connectivity index (χ3v) is 6.80. The lowest BCUT2D eigenvalue weighted by Gasteiger charge is -2.27. The summed E-state index contributed by atoms with van der Waals surface area (Å²) in [7, 11) is 0. The summed E-state index contributed by atoms with van der Waals surface area (Å²) in [5.74, 6) is -1.15. The highest BCUT2D eigenvalue weighted by molar-refractivity contribution is 6.13. The van der Waals surface area contributed by atoms with E-state index in [1.54, 1.807) is 0 Å². The van der Waals surface area contributed by atoms with Gasteiger partial charge in [-0.25, -0.2) is 0 Å². The highest BCUT2D eigenvalue weighted by atomic mass is 16.6. The van der Waals surface area contributed by atoms with Gasteiger partial charge in [-0.15, -0.1) is 0 Å². The van der Waals surface area contributed by atoms with Gasteiger partial charge in [0.2, 0.25) is 11.8 Å². The van der Waals surface area contributed by atoms with Crippen molar-refractivity contribution >= 4 is 34.6 Å². The summed E-state index contributed by atoms with van der Waals surface area (Å²) in [6.07, 6.45) is 1.16. The van der Waals surface area contributed by atoms with Crippen molar-refractivity contribution in [2.45, 2.75) is 32.2 Å². The van der Waals surface area contributed by atoms with E-state index in [1.165, 1.54) is 16.7 Å². The number of carbonyl (C=O) groups is 3. The minimum Gasteiger partial charge on any atom is -0.481 e. The first-order valence-electron chi connectivity index (χ1n) is 14.0. The van der Waals surface area contributed by atoms with E-state index in [4.69, 9.17) is 24.1 Å². The van der Waals surface area contributed by atoms with Crippen LogP contribution in [0.4, 0.5) is 5.69 Å². The fourth-order valence-corrected chi connectivity index (χ4v) is 4.67. The summed E-state index contributed by atoms with van der Waals surface area (Å²) in [6.45, 7) is 3.69. The zero-order chi connectivity index (χ0) is 28.9. The maximum Gasteiger partial charge on any atom is 0.305 e. The molecule has 2 N–H and O–H groups in total. The van der Waals surface area contributed by atoms with Crippen LogP contribution < -0.4 is 10.2 Å². The van der Waals surface area contributed by atoms with Crippen molar-refractivity contribution in [2.24, 2.45) is 0 Å². The Morgan fingerprint density at radius 3 is 2.00 bits per heavy atom. The van der Waals surface area contributed by atoms with E-state index in [0.717, 1.165) is 23.2 Å². The van der Waals surface area contributed by atoms with Crippen molar-refractivity contribution < 1.29 is 38.4 Å². The Bertz CT molecular complexity index is 1230. The number of nitrogens with zero attached hydrogens (tertiary/aromatic N) is 1. The summed E-state index contributed by atoms with van der Waals surface area (Å²) in [5, 5.41) is 11.3. The first kappa shape index (κ1) is 30.4. The average Bonchev–Trinajstić information content (AvgIpc) is 3.76. The normalized spacial score (nSPS) is 13.5. The first-order chi connectivity index (χ1) is 20.0. The zero-order valence-corrected chi connectivity index (χ0v) is 23.3. The van der Waals surface area contributed by atoms with Crippen LogP contribution in [-0.4, -0.2) is 82.3 Å². The molecule has 0 saturated carbocycles. The molecule has 0 spiro atoms. The van der Waals surface area contributed by atoms with Crippen molar-refractivity contribution in [3.05, 3.63) is 65.2 Å². The fraction of sp³-hybridized carbons (Fsp3) is 0.452. The Kier molecular flexibility index (Phi) is 11.9. The number of carboxylic acids is 1. The van der Waals surface area contributed by atoms with Gasteiger partial charge in [0.1, 0.15) is 0 Å². The van der Waals surface area contributed by atoms with Crippen LogP contribution in [0.15, 0.2) is 48.5 Å². The second kappa shape index (κ2) is 16.0. The number of hydrogen-bond acceptors (Lipinski definition) is 7. The van der Waals surface area contributed by atoms with Gasteiger partial charge in [-0.05, 0) is 34.8 Å². The predicted molar refractivity (Wildman–Crippen MR) is 153 cm³/mol. The van der Waals surface area contributed by atoms with Gasteiger partial charge in [0.15, 0.2) is 0 Å². The van der Waals surface area contributed by atoms with Gasteiger partial charge in [-0.3, -0.25) is 14.4 Å². The van der Waals surface area contributed by atoms with Crippen molar-refractivity contribution in [1.29, 1.82) is 0 Å². The number of amides is 2. The highest BCUT2D eigenvalue weighted by Gasteiger charge is 2.33. The largest absolute Gasteiger partial charge is 0.481 e. The van der Waals surface area contributed by atoms with Crippen molar-refractivity contribution in [1.82, 2.24) is 5.32 Å². The molecule has 1 aliphatic heterocycles. The fourth-order valence-electron chi connectivity index (χ4n) is 4.67. The van der Waals surface area contributed by atoms with E-state index < -0.39 is 5.97 Å².